The summed E-state index contributed by atoms with van der Waals surface area (Å²) in [7, 11) is 0. The van der Waals surface area contributed by atoms with Gasteiger partial charge in [-0.15, -0.1) is 0 Å². The zero-order valence-electron chi connectivity index (χ0n) is 14.0. The number of halogens is 1. The van der Waals surface area contributed by atoms with Gasteiger partial charge in [0.05, 0.1) is 17.2 Å². The molecule has 2 aliphatic rings. The van der Waals surface area contributed by atoms with Gasteiger partial charge in [0, 0.05) is 30.9 Å². The standard InChI is InChI=1S/C18H21ClO6/c1-9-6-15-14(25-15)5-3-2-4-10(20)7-11-16(18(23)24-9)12(21)8-13(22)17(11)19/h8-9,14-15,21-22H,2-7H2,1H3/t9-,14+,15-/m1/s1. The second-order valence-corrected chi connectivity index (χ2v) is 7.09. The van der Waals surface area contributed by atoms with Gasteiger partial charge < -0.3 is 19.7 Å². The molecule has 0 unspecified atom stereocenters. The first-order chi connectivity index (χ1) is 11.9. The number of cyclic esters (lactones) is 1. The Morgan fingerprint density at radius 3 is 2.68 bits per heavy atom. The van der Waals surface area contributed by atoms with Crippen LogP contribution in [0.2, 0.25) is 5.02 Å². The molecule has 1 fully saturated rings. The number of esters is 1. The van der Waals surface area contributed by atoms with Gasteiger partial charge in [0.2, 0.25) is 0 Å². The normalized spacial score (nSPS) is 27.7. The fraction of sp³-hybridized carbons (Fsp3) is 0.556. The molecule has 2 aliphatic heterocycles. The van der Waals surface area contributed by atoms with E-state index in [2.05, 4.69) is 0 Å². The fourth-order valence-corrected chi connectivity index (χ4v) is 3.50. The SMILES string of the molecule is C[C@@H]1C[C@H]2O[C@H]2CCCCC(=O)Cc2c(Cl)c(O)cc(O)c2C(=O)O1. The Labute approximate surface area is 150 Å². The Morgan fingerprint density at radius 1 is 1.16 bits per heavy atom. The van der Waals surface area contributed by atoms with Crippen molar-refractivity contribution in [3.8, 4) is 11.5 Å². The van der Waals surface area contributed by atoms with E-state index in [1.54, 1.807) is 6.92 Å². The summed E-state index contributed by atoms with van der Waals surface area (Å²) in [5.74, 6) is -1.69. The second kappa shape index (κ2) is 7.22. The lowest BCUT2D eigenvalue weighted by atomic mass is 9.97. The van der Waals surface area contributed by atoms with Crippen LogP contribution in [0, 0.1) is 0 Å². The number of Topliss-reactive ketones (excluding diaryl/α,β-unsaturated/α-hetero) is 1. The Kier molecular flexibility index (Phi) is 5.20. The quantitative estimate of drug-likeness (QED) is 0.539. The molecule has 3 rings (SSSR count). The lowest BCUT2D eigenvalue weighted by Gasteiger charge is -2.17. The second-order valence-electron chi connectivity index (χ2n) is 6.71. The Bertz CT molecular complexity index is 701. The number of carbonyl (C=O) groups excluding carboxylic acids is 2. The first kappa shape index (κ1) is 18.0. The number of hydrogen-bond donors (Lipinski definition) is 2. The largest absolute Gasteiger partial charge is 0.507 e. The molecule has 25 heavy (non-hydrogen) atoms. The van der Waals surface area contributed by atoms with Gasteiger partial charge in [0.1, 0.15) is 28.9 Å². The molecule has 0 saturated carbocycles. The molecular formula is C18H21ClO6. The number of fused-ring (bicyclic) bond motifs is 2. The minimum atomic E-state index is -0.760. The van der Waals surface area contributed by atoms with Crippen LogP contribution in [0.5, 0.6) is 11.5 Å². The van der Waals surface area contributed by atoms with E-state index in [9.17, 15) is 19.8 Å². The zero-order valence-corrected chi connectivity index (χ0v) is 14.7. The predicted octanol–water partition coefficient (Wildman–Crippen LogP) is 3.14. The summed E-state index contributed by atoms with van der Waals surface area (Å²) in [6, 6.07) is 0.987. The highest BCUT2D eigenvalue weighted by molar-refractivity contribution is 6.33. The number of phenolic OH excluding ortho intramolecular Hbond substituents is 2. The van der Waals surface area contributed by atoms with Crippen LogP contribution in [-0.2, 0) is 20.7 Å². The monoisotopic (exact) mass is 368 g/mol. The molecule has 1 aromatic rings. The summed E-state index contributed by atoms with van der Waals surface area (Å²) >= 11 is 6.09. The van der Waals surface area contributed by atoms with Crippen molar-refractivity contribution in [2.24, 2.45) is 0 Å². The van der Waals surface area contributed by atoms with Crippen LogP contribution in [-0.4, -0.2) is 40.3 Å². The van der Waals surface area contributed by atoms with Gasteiger partial charge >= 0.3 is 5.97 Å². The third-order valence-electron chi connectivity index (χ3n) is 4.65. The number of ketones is 1. The van der Waals surface area contributed by atoms with Gasteiger partial charge in [-0.05, 0) is 19.8 Å². The molecule has 0 bridgehead atoms. The maximum absolute atomic E-state index is 12.5. The van der Waals surface area contributed by atoms with Gasteiger partial charge in [-0.3, -0.25) is 4.79 Å². The van der Waals surface area contributed by atoms with Crippen molar-refractivity contribution in [1.82, 2.24) is 0 Å². The molecule has 0 amide bonds. The molecule has 3 atom stereocenters. The molecule has 0 spiro atoms. The van der Waals surface area contributed by atoms with Gasteiger partial charge in [-0.2, -0.15) is 0 Å². The summed E-state index contributed by atoms with van der Waals surface area (Å²) in [4.78, 5) is 24.8. The highest BCUT2D eigenvalue weighted by atomic mass is 35.5. The molecule has 1 aromatic carbocycles. The first-order valence-corrected chi connectivity index (χ1v) is 8.86. The first-order valence-electron chi connectivity index (χ1n) is 8.48. The third kappa shape index (κ3) is 4.07. The number of benzene rings is 1. The number of aromatic hydroxyl groups is 2. The highest BCUT2D eigenvalue weighted by Gasteiger charge is 2.40. The lowest BCUT2D eigenvalue weighted by Crippen LogP contribution is -2.20. The van der Waals surface area contributed by atoms with E-state index in [0.717, 1.165) is 25.3 Å². The third-order valence-corrected chi connectivity index (χ3v) is 5.08. The topological polar surface area (TPSA) is 96.4 Å². The Hall–Kier alpha value is -1.79. The van der Waals surface area contributed by atoms with E-state index >= 15 is 0 Å². The smallest absolute Gasteiger partial charge is 0.342 e. The van der Waals surface area contributed by atoms with Gasteiger partial charge in [0.25, 0.3) is 0 Å². The predicted molar refractivity (Wildman–Crippen MR) is 90.1 cm³/mol. The molecule has 0 radical (unpaired) electrons. The van der Waals surface area contributed by atoms with Crippen LogP contribution >= 0.6 is 11.6 Å². The van der Waals surface area contributed by atoms with Crippen molar-refractivity contribution in [3.05, 3.63) is 22.2 Å². The molecule has 0 aromatic heterocycles. The highest BCUT2D eigenvalue weighted by Crippen LogP contribution is 2.38. The number of rotatable bonds is 0. The van der Waals surface area contributed by atoms with Crippen molar-refractivity contribution in [1.29, 1.82) is 0 Å². The maximum atomic E-state index is 12.5. The average molecular weight is 369 g/mol. The van der Waals surface area contributed by atoms with Crippen LogP contribution in [0.1, 0.15) is 54.9 Å². The van der Waals surface area contributed by atoms with E-state index in [4.69, 9.17) is 21.1 Å². The van der Waals surface area contributed by atoms with Crippen molar-refractivity contribution in [2.75, 3.05) is 0 Å². The van der Waals surface area contributed by atoms with Crippen molar-refractivity contribution in [2.45, 2.75) is 63.8 Å². The molecule has 2 N–H and O–H groups in total. The number of phenols is 2. The minimum absolute atomic E-state index is 0.0675. The number of carbonyl (C=O) groups is 2. The summed E-state index contributed by atoms with van der Waals surface area (Å²) in [5, 5.41) is 19.8. The Balaban J connectivity index is 1.93. The molecule has 6 nitrogen and oxygen atoms in total. The average Bonchev–Trinajstić information content (AvgIpc) is 3.25. The van der Waals surface area contributed by atoms with E-state index in [1.165, 1.54) is 0 Å². The van der Waals surface area contributed by atoms with Crippen LogP contribution in [0.4, 0.5) is 0 Å². The number of ether oxygens (including phenoxy) is 2. The minimum Gasteiger partial charge on any atom is -0.507 e. The van der Waals surface area contributed by atoms with Crippen LogP contribution in [0.3, 0.4) is 0 Å². The molecule has 0 aliphatic carbocycles. The van der Waals surface area contributed by atoms with E-state index in [-0.39, 0.29) is 46.3 Å². The van der Waals surface area contributed by atoms with E-state index in [1.807, 2.05) is 0 Å². The van der Waals surface area contributed by atoms with E-state index in [0.29, 0.717) is 12.8 Å². The van der Waals surface area contributed by atoms with Gasteiger partial charge in [-0.25, -0.2) is 4.79 Å². The number of epoxide rings is 1. The Morgan fingerprint density at radius 2 is 1.92 bits per heavy atom. The molecule has 1 saturated heterocycles. The van der Waals surface area contributed by atoms with Crippen molar-refractivity contribution in [3.63, 3.8) is 0 Å². The molecule has 2 heterocycles. The van der Waals surface area contributed by atoms with Crippen molar-refractivity contribution < 1.29 is 29.3 Å². The molecule has 7 heteroatoms. The summed E-state index contributed by atoms with van der Waals surface area (Å²) in [6.45, 7) is 1.76. The maximum Gasteiger partial charge on any atom is 0.342 e. The molecular weight excluding hydrogens is 348 g/mol. The van der Waals surface area contributed by atoms with Crippen LogP contribution in [0.25, 0.3) is 0 Å². The van der Waals surface area contributed by atoms with Gasteiger partial charge in [-0.1, -0.05) is 18.0 Å². The van der Waals surface area contributed by atoms with Crippen molar-refractivity contribution >= 4 is 23.4 Å². The zero-order chi connectivity index (χ0) is 18.1. The number of hydrogen-bond acceptors (Lipinski definition) is 6. The summed E-state index contributed by atoms with van der Waals surface area (Å²) in [6.07, 6.45) is 3.12. The summed E-state index contributed by atoms with van der Waals surface area (Å²) < 4.78 is 11.0. The fourth-order valence-electron chi connectivity index (χ4n) is 3.29. The van der Waals surface area contributed by atoms with Crippen LogP contribution in [0.15, 0.2) is 6.07 Å². The van der Waals surface area contributed by atoms with E-state index < -0.39 is 17.8 Å². The summed E-state index contributed by atoms with van der Waals surface area (Å²) in [5.41, 5.74) is -0.0488. The molecule has 136 valence electrons. The van der Waals surface area contributed by atoms with Gasteiger partial charge in [0.15, 0.2) is 0 Å². The lowest BCUT2D eigenvalue weighted by molar-refractivity contribution is -0.118. The van der Waals surface area contributed by atoms with Crippen LogP contribution < -0.4 is 0 Å².